The fourth-order valence-corrected chi connectivity index (χ4v) is 2.03. The van der Waals surface area contributed by atoms with E-state index in [1.165, 1.54) is 12.0 Å². The van der Waals surface area contributed by atoms with Crippen LogP contribution in [0.5, 0.6) is 0 Å². The second kappa shape index (κ2) is 10.2. The molecule has 0 unspecified atom stereocenters. The summed E-state index contributed by atoms with van der Waals surface area (Å²) >= 11 is 0. The van der Waals surface area contributed by atoms with E-state index in [1.807, 2.05) is 30.3 Å². The van der Waals surface area contributed by atoms with Gasteiger partial charge in [0.15, 0.2) is 6.39 Å². The van der Waals surface area contributed by atoms with E-state index in [0.29, 0.717) is 31.1 Å². The lowest BCUT2D eigenvalue weighted by atomic mass is 10.1. The Balaban J connectivity index is 0.00000220. The van der Waals surface area contributed by atoms with E-state index < -0.39 is 0 Å². The van der Waals surface area contributed by atoms with Crippen molar-refractivity contribution in [3.63, 3.8) is 0 Å². The second-order valence-corrected chi connectivity index (χ2v) is 4.58. The van der Waals surface area contributed by atoms with E-state index in [4.69, 9.17) is 10.2 Å². The first-order chi connectivity index (χ1) is 9.72. The van der Waals surface area contributed by atoms with Crippen molar-refractivity contribution in [2.75, 3.05) is 19.6 Å². The molecule has 1 aromatic heterocycles. The summed E-state index contributed by atoms with van der Waals surface area (Å²) in [5.41, 5.74) is 7.39. The normalized spacial score (nSPS) is 9.55. The molecule has 122 valence electrons. The number of aryl methyl sites for hydroxylation is 1. The van der Waals surface area contributed by atoms with Crippen LogP contribution in [0.4, 0.5) is 0 Å². The lowest BCUT2D eigenvalue weighted by Gasteiger charge is -2.21. The first-order valence-electron chi connectivity index (χ1n) is 6.65. The van der Waals surface area contributed by atoms with Crippen LogP contribution < -0.4 is 5.73 Å². The predicted octanol–water partition coefficient (Wildman–Crippen LogP) is 2.47. The number of benzene rings is 1. The molecule has 22 heavy (non-hydrogen) atoms. The molecule has 0 spiro atoms. The van der Waals surface area contributed by atoms with E-state index in [2.05, 4.69) is 4.98 Å². The molecule has 0 atom stereocenters. The average Bonchev–Trinajstić information content (AvgIpc) is 2.90. The van der Waals surface area contributed by atoms with Crippen LogP contribution in [-0.2, 0) is 6.42 Å². The van der Waals surface area contributed by atoms with Gasteiger partial charge >= 0.3 is 0 Å². The van der Waals surface area contributed by atoms with Gasteiger partial charge in [-0.15, -0.1) is 24.8 Å². The van der Waals surface area contributed by atoms with Crippen LogP contribution in [0, 0.1) is 6.92 Å². The summed E-state index contributed by atoms with van der Waals surface area (Å²) in [6.45, 7) is 3.30. The van der Waals surface area contributed by atoms with Gasteiger partial charge in [0.25, 0.3) is 5.91 Å². The molecule has 0 saturated carbocycles. The minimum atomic E-state index is -0.151. The Labute approximate surface area is 142 Å². The predicted molar refractivity (Wildman–Crippen MR) is 90.8 cm³/mol. The standard InChI is InChI=1S/C15H19N3O2.2ClH/c1-12-14(20-11-17-12)15(19)18(10-8-16)9-7-13-5-3-2-4-6-13;;/h2-6,11H,7-10,16H2,1H3;2*1H. The van der Waals surface area contributed by atoms with Gasteiger partial charge in [-0.2, -0.15) is 0 Å². The fourth-order valence-electron chi connectivity index (χ4n) is 2.03. The van der Waals surface area contributed by atoms with Gasteiger partial charge in [-0.05, 0) is 18.9 Å². The van der Waals surface area contributed by atoms with Crippen LogP contribution in [0.3, 0.4) is 0 Å². The molecule has 5 nitrogen and oxygen atoms in total. The Bertz CT molecular complexity index is 561. The Morgan fingerprint density at radius 2 is 1.91 bits per heavy atom. The second-order valence-electron chi connectivity index (χ2n) is 4.58. The van der Waals surface area contributed by atoms with E-state index in [-0.39, 0.29) is 30.7 Å². The van der Waals surface area contributed by atoms with Gasteiger partial charge in [-0.25, -0.2) is 4.98 Å². The number of carbonyl (C=O) groups excluding carboxylic acids is 1. The smallest absolute Gasteiger partial charge is 0.291 e. The molecular weight excluding hydrogens is 325 g/mol. The van der Waals surface area contributed by atoms with Gasteiger partial charge in [-0.1, -0.05) is 30.3 Å². The maximum absolute atomic E-state index is 12.4. The molecule has 1 heterocycles. The number of oxazole rings is 1. The highest BCUT2D eigenvalue weighted by molar-refractivity contribution is 5.92. The van der Waals surface area contributed by atoms with Gasteiger partial charge in [-0.3, -0.25) is 4.79 Å². The van der Waals surface area contributed by atoms with Crippen molar-refractivity contribution < 1.29 is 9.21 Å². The minimum Gasteiger partial charge on any atom is -0.438 e. The zero-order valence-corrected chi connectivity index (χ0v) is 14.0. The van der Waals surface area contributed by atoms with E-state index in [1.54, 1.807) is 11.8 Å². The van der Waals surface area contributed by atoms with Gasteiger partial charge < -0.3 is 15.1 Å². The van der Waals surface area contributed by atoms with Gasteiger partial charge in [0.05, 0.1) is 5.69 Å². The number of halogens is 2. The Kier molecular flexibility index (Phi) is 9.49. The molecule has 1 aromatic carbocycles. The molecule has 2 N–H and O–H groups in total. The molecule has 0 aliphatic rings. The largest absolute Gasteiger partial charge is 0.438 e. The van der Waals surface area contributed by atoms with Crippen molar-refractivity contribution in [2.24, 2.45) is 5.73 Å². The zero-order valence-electron chi connectivity index (χ0n) is 12.4. The molecule has 0 bridgehead atoms. The third kappa shape index (κ3) is 5.33. The molecule has 0 saturated heterocycles. The topological polar surface area (TPSA) is 72.4 Å². The van der Waals surface area contributed by atoms with Crippen LogP contribution in [0.15, 0.2) is 41.1 Å². The summed E-state index contributed by atoms with van der Waals surface area (Å²) in [4.78, 5) is 18.0. The van der Waals surface area contributed by atoms with Gasteiger partial charge in [0.1, 0.15) is 0 Å². The molecule has 1 amide bonds. The van der Waals surface area contributed by atoms with Crippen molar-refractivity contribution in [2.45, 2.75) is 13.3 Å². The summed E-state index contributed by atoms with van der Waals surface area (Å²) < 4.78 is 5.16. The number of hydrogen-bond acceptors (Lipinski definition) is 4. The van der Waals surface area contributed by atoms with E-state index in [9.17, 15) is 4.79 Å². The van der Waals surface area contributed by atoms with Crippen molar-refractivity contribution in [3.8, 4) is 0 Å². The summed E-state index contributed by atoms with van der Waals surface area (Å²) in [6, 6.07) is 10.1. The lowest BCUT2D eigenvalue weighted by molar-refractivity contribution is 0.0729. The molecule has 0 fully saturated rings. The van der Waals surface area contributed by atoms with Crippen LogP contribution in [0.25, 0.3) is 0 Å². The quantitative estimate of drug-likeness (QED) is 0.872. The number of carbonyl (C=O) groups is 1. The summed E-state index contributed by atoms with van der Waals surface area (Å²) in [5, 5.41) is 0. The Morgan fingerprint density at radius 3 is 2.45 bits per heavy atom. The molecule has 7 heteroatoms. The third-order valence-electron chi connectivity index (χ3n) is 3.14. The third-order valence-corrected chi connectivity index (χ3v) is 3.14. The first-order valence-corrected chi connectivity index (χ1v) is 6.65. The summed E-state index contributed by atoms with van der Waals surface area (Å²) in [7, 11) is 0. The molecule has 0 radical (unpaired) electrons. The summed E-state index contributed by atoms with van der Waals surface area (Å²) in [6.07, 6.45) is 2.08. The van der Waals surface area contributed by atoms with Gasteiger partial charge in [0.2, 0.25) is 5.76 Å². The number of amides is 1. The molecule has 0 aliphatic heterocycles. The highest BCUT2D eigenvalue weighted by atomic mass is 35.5. The number of nitrogens with two attached hydrogens (primary N) is 1. The highest BCUT2D eigenvalue weighted by Gasteiger charge is 2.20. The Morgan fingerprint density at radius 1 is 1.23 bits per heavy atom. The summed E-state index contributed by atoms with van der Waals surface area (Å²) in [5.74, 6) is 0.146. The number of rotatable bonds is 6. The van der Waals surface area contributed by atoms with Crippen LogP contribution >= 0.6 is 24.8 Å². The minimum absolute atomic E-state index is 0. The maximum Gasteiger partial charge on any atom is 0.291 e. The molecule has 2 rings (SSSR count). The van der Waals surface area contributed by atoms with Crippen molar-refractivity contribution in [1.82, 2.24) is 9.88 Å². The van der Waals surface area contributed by atoms with E-state index in [0.717, 1.165) is 6.42 Å². The van der Waals surface area contributed by atoms with Crippen LogP contribution in [0.2, 0.25) is 0 Å². The zero-order chi connectivity index (χ0) is 14.4. The van der Waals surface area contributed by atoms with Crippen LogP contribution in [0.1, 0.15) is 21.8 Å². The van der Waals surface area contributed by atoms with Gasteiger partial charge in [0, 0.05) is 19.6 Å². The maximum atomic E-state index is 12.4. The SMILES string of the molecule is Cc1ncoc1C(=O)N(CCN)CCc1ccccc1.Cl.Cl. The van der Waals surface area contributed by atoms with Crippen molar-refractivity contribution in [1.29, 1.82) is 0 Å². The fraction of sp³-hybridized carbons (Fsp3) is 0.333. The molecular formula is C15H21Cl2N3O2. The average molecular weight is 346 g/mol. The number of hydrogen-bond donors (Lipinski definition) is 1. The number of aromatic nitrogens is 1. The Hall–Kier alpha value is -1.56. The lowest BCUT2D eigenvalue weighted by Crippen LogP contribution is -2.37. The monoisotopic (exact) mass is 345 g/mol. The first kappa shape index (κ1) is 20.4. The molecule has 2 aromatic rings. The number of nitrogens with zero attached hydrogens (tertiary/aromatic N) is 2. The van der Waals surface area contributed by atoms with Crippen molar-refractivity contribution >= 4 is 30.7 Å². The van der Waals surface area contributed by atoms with Crippen molar-refractivity contribution in [3.05, 3.63) is 53.7 Å². The molecule has 0 aliphatic carbocycles. The van der Waals surface area contributed by atoms with Crippen LogP contribution in [-0.4, -0.2) is 35.4 Å². The van der Waals surface area contributed by atoms with E-state index >= 15 is 0 Å². The highest BCUT2D eigenvalue weighted by Crippen LogP contribution is 2.10.